The highest BCUT2D eigenvalue weighted by Gasteiger charge is 2.31. The van der Waals surface area contributed by atoms with Crippen LogP contribution >= 0.6 is 0 Å². The van der Waals surface area contributed by atoms with E-state index in [0.717, 1.165) is 16.7 Å². The number of azide groups is 3. The first-order valence-corrected chi connectivity index (χ1v) is 11.8. The fraction of sp³-hybridized carbons (Fsp3) is 0.308. The van der Waals surface area contributed by atoms with Gasteiger partial charge in [-0.25, -0.2) is 0 Å². The Balaban J connectivity index is 1.89. The van der Waals surface area contributed by atoms with Crippen LogP contribution < -0.4 is 14.2 Å². The zero-order chi connectivity index (χ0) is 27.1. The van der Waals surface area contributed by atoms with Crippen LogP contribution in [0, 0.1) is 0 Å². The van der Waals surface area contributed by atoms with Crippen LogP contribution in [-0.2, 0) is 5.41 Å². The fourth-order valence-corrected chi connectivity index (χ4v) is 3.90. The van der Waals surface area contributed by atoms with E-state index in [1.54, 1.807) is 0 Å². The molecule has 0 bridgehead atoms. The van der Waals surface area contributed by atoms with Crippen molar-refractivity contribution < 1.29 is 14.2 Å². The molecular weight excluding hydrogens is 486 g/mol. The molecule has 0 aromatic heterocycles. The second-order valence-electron chi connectivity index (χ2n) is 8.11. The van der Waals surface area contributed by atoms with Gasteiger partial charge >= 0.3 is 0 Å². The van der Waals surface area contributed by atoms with E-state index in [-0.39, 0.29) is 19.6 Å². The zero-order valence-electron chi connectivity index (χ0n) is 20.9. The third-order valence-electron chi connectivity index (χ3n) is 5.86. The van der Waals surface area contributed by atoms with Gasteiger partial charge in [0.05, 0.1) is 39.5 Å². The van der Waals surface area contributed by atoms with Gasteiger partial charge in [-0.2, -0.15) is 0 Å². The molecule has 3 aromatic carbocycles. The lowest BCUT2D eigenvalue weighted by atomic mass is 9.71. The van der Waals surface area contributed by atoms with E-state index < -0.39 is 5.41 Å². The van der Waals surface area contributed by atoms with Gasteiger partial charge in [0.25, 0.3) is 0 Å². The molecule has 0 saturated heterocycles. The summed E-state index contributed by atoms with van der Waals surface area (Å²) in [5, 5.41) is 10.5. The molecule has 12 nitrogen and oxygen atoms in total. The van der Waals surface area contributed by atoms with Crippen molar-refractivity contribution in [2.75, 3.05) is 39.5 Å². The van der Waals surface area contributed by atoms with E-state index in [9.17, 15) is 0 Å². The predicted octanol–water partition coefficient (Wildman–Crippen LogP) is 7.11. The van der Waals surface area contributed by atoms with Crippen LogP contribution in [0.3, 0.4) is 0 Å². The Bertz CT molecular complexity index is 1150. The van der Waals surface area contributed by atoms with Crippen LogP contribution in [0.5, 0.6) is 17.2 Å². The van der Waals surface area contributed by atoms with Crippen molar-refractivity contribution in [1.82, 2.24) is 0 Å². The predicted molar refractivity (Wildman–Crippen MR) is 143 cm³/mol. The van der Waals surface area contributed by atoms with Crippen LogP contribution in [0.2, 0.25) is 0 Å². The Labute approximate surface area is 219 Å². The number of hydrogen-bond acceptors (Lipinski definition) is 6. The highest BCUT2D eigenvalue weighted by molar-refractivity contribution is 5.52. The molecule has 0 aliphatic carbocycles. The lowest BCUT2D eigenvalue weighted by Gasteiger charge is -2.32. The highest BCUT2D eigenvalue weighted by Crippen LogP contribution is 2.40. The van der Waals surface area contributed by atoms with Crippen molar-refractivity contribution in [2.45, 2.75) is 12.3 Å². The second kappa shape index (κ2) is 14.5. The molecule has 0 heterocycles. The van der Waals surface area contributed by atoms with Crippen LogP contribution in [0.1, 0.15) is 23.6 Å². The van der Waals surface area contributed by atoms with Gasteiger partial charge in [-0.1, -0.05) is 51.7 Å². The number of hydrogen-bond donors (Lipinski definition) is 0. The van der Waals surface area contributed by atoms with Crippen LogP contribution in [0.15, 0.2) is 88.1 Å². The van der Waals surface area contributed by atoms with Gasteiger partial charge in [0.15, 0.2) is 0 Å². The lowest BCUT2D eigenvalue weighted by Crippen LogP contribution is -2.25. The molecular formula is C26H27N9O3. The molecule has 0 unspecified atom stereocenters. The Kier molecular flexibility index (Phi) is 10.5. The van der Waals surface area contributed by atoms with Crippen LogP contribution in [-0.4, -0.2) is 39.5 Å². The van der Waals surface area contributed by atoms with Gasteiger partial charge in [0.2, 0.25) is 0 Å². The van der Waals surface area contributed by atoms with E-state index in [0.29, 0.717) is 37.1 Å². The molecule has 12 heteroatoms. The summed E-state index contributed by atoms with van der Waals surface area (Å²) in [5.41, 5.74) is 27.8. The van der Waals surface area contributed by atoms with Gasteiger partial charge in [0, 0.05) is 20.2 Å². The Morgan fingerprint density at radius 2 is 0.789 bits per heavy atom. The first kappa shape index (κ1) is 27.6. The maximum atomic E-state index is 8.42. The smallest absolute Gasteiger partial charge is 0.119 e. The van der Waals surface area contributed by atoms with E-state index in [1.165, 1.54) is 0 Å². The van der Waals surface area contributed by atoms with Crippen molar-refractivity contribution in [3.8, 4) is 17.2 Å². The molecule has 38 heavy (non-hydrogen) atoms. The van der Waals surface area contributed by atoms with Gasteiger partial charge in [-0.05, 0) is 76.6 Å². The van der Waals surface area contributed by atoms with Crippen molar-refractivity contribution in [1.29, 1.82) is 0 Å². The van der Waals surface area contributed by atoms with Gasteiger partial charge in [0.1, 0.15) is 17.2 Å². The summed E-state index contributed by atoms with van der Waals surface area (Å²) in [7, 11) is 0. The quantitative estimate of drug-likeness (QED) is 0.0693. The maximum Gasteiger partial charge on any atom is 0.119 e. The molecule has 0 fully saturated rings. The standard InChI is InChI=1S/C26H27N9O3/c1-26(20-2-8-23(9-3-20)36-17-14-30-33-27,21-4-10-24(11-5-21)37-18-15-31-34-28)22-6-12-25(13-7-22)38-19-16-32-35-29/h2-13H,14-19H2,1H3. The molecule has 0 N–H and O–H groups in total. The summed E-state index contributed by atoms with van der Waals surface area (Å²) < 4.78 is 17.0. The summed E-state index contributed by atoms with van der Waals surface area (Å²) in [6.45, 7) is 3.79. The molecule has 194 valence electrons. The van der Waals surface area contributed by atoms with Crippen molar-refractivity contribution in [3.05, 3.63) is 121 Å². The summed E-state index contributed by atoms with van der Waals surface area (Å²) >= 11 is 0. The first-order chi connectivity index (χ1) is 18.6. The third-order valence-corrected chi connectivity index (χ3v) is 5.86. The number of rotatable bonds is 15. The van der Waals surface area contributed by atoms with Crippen LogP contribution in [0.4, 0.5) is 0 Å². The summed E-state index contributed by atoms with van der Waals surface area (Å²) in [6.07, 6.45) is 0. The molecule has 0 radical (unpaired) electrons. The maximum absolute atomic E-state index is 8.42. The fourth-order valence-electron chi connectivity index (χ4n) is 3.90. The van der Waals surface area contributed by atoms with Gasteiger partial charge in [-0.3, -0.25) is 0 Å². The number of benzene rings is 3. The first-order valence-electron chi connectivity index (χ1n) is 11.8. The van der Waals surface area contributed by atoms with Crippen molar-refractivity contribution in [3.63, 3.8) is 0 Å². The average molecular weight is 514 g/mol. The van der Waals surface area contributed by atoms with Crippen molar-refractivity contribution >= 4 is 0 Å². The SMILES string of the molecule is CC(c1ccc(OCCN=[N+]=[N-])cc1)(c1ccc(OCCN=[N+]=[N-])cc1)c1ccc(OCCN=[N+]=[N-])cc1. The topological polar surface area (TPSA) is 174 Å². The van der Waals surface area contributed by atoms with E-state index in [4.69, 9.17) is 30.8 Å². The molecule has 0 atom stereocenters. The summed E-state index contributed by atoms with van der Waals surface area (Å²) in [4.78, 5) is 8.19. The molecule has 0 spiro atoms. The molecule has 3 rings (SSSR count). The third kappa shape index (κ3) is 7.49. The van der Waals surface area contributed by atoms with Gasteiger partial charge < -0.3 is 14.2 Å². The molecule has 0 saturated carbocycles. The van der Waals surface area contributed by atoms with Crippen molar-refractivity contribution in [2.24, 2.45) is 15.3 Å². The summed E-state index contributed by atoms with van der Waals surface area (Å²) in [6, 6.07) is 23.4. The minimum atomic E-state index is -0.531. The number of nitrogens with zero attached hydrogens (tertiary/aromatic N) is 9. The second-order valence-corrected chi connectivity index (χ2v) is 8.11. The Morgan fingerprint density at radius 3 is 1.03 bits per heavy atom. The zero-order valence-corrected chi connectivity index (χ0v) is 20.9. The Hall–Kier alpha value is -5.01. The normalized spacial score (nSPS) is 11.6. The van der Waals surface area contributed by atoms with Crippen LogP contribution in [0.25, 0.3) is 31.3 Å². The van der Waals surface area contributed by atoms with E-state index in [2.05, 4.69) is 37.0 Å². The molecule has 3 aromatic rings. The highest BCUT2D eigenvalue weighted by atomic mass is 16.5. The molecule has 0 aliphatic rings. The van der Waals surface area contributed by atoms with Gasteiger partial charge in [-0.15, -0.1) is 0 Å². The monoisotopic (exact) mass is 513 g/mol. The molecule has 0 aliphatic heterocycles. The lowest BCUT2D eigenvalue weighted by molar-refractivity contribution is 0.328. The minimum Gasteiger partial charge on any atom is -0.493 e. The largest absolute Gasteiger partial charge is 0.493 e. The average Bonchev–Trinajstić information content (AvgIpc) is 2.96. The number of ether oxygens (including phenoxy) is 3. The van der Waals surface area contributed by atoms with E-state index in [1.807, 2.05) is 72.8 Å². The Morgan fingerprint density at radius 1 is 0.526 bits per heavy atom. The molecule has 0 amide bonds. The summed E-state index contributed by atoms with van der Waals surface area (Å²) in [5.74, 6) is 2.03. The van der Waals surface area contributed by atoms with E-state index >= 15 is 0 Å². The minimum absolute atomic E-state index is 0.254.